The fraction of sp³-hybridized carbons (Fsp3) is 0.462. The standard InChI is InChI=1S/C13H19BO4/c1-4-5-10-8-11(13(15)18-9(2)3)6-7-12(10)14(16)17/h6-9,16-17H,4-5H2,1-3H3. The van der Waals surface area contributed by atoms with E-state index in [1.807, 2.05) is 6.92 Å². The molecule has 5 heteroatoms. The molecule has 0 aliphatic rings. The molecule has 0 radical (unpaired) electrons. The van der Waals surface area contributed by atoms with Crippen LogP contribution in [-0.2, 0) is 11.2 Å². The Kier molecular flexibility index (Phi) is 5.37. The number of benzene rings is 1. The van der Waals surface area contributed by atoms with Gasteiger partial charge in [0.2, 0.25) is 0 Å². The van der Waals surface area contributed by atoms with Gasteiger partial charge in [-0.1, -0.05) is 19.4 Å². The second-order valence-corrected chi connectivity index (χ2v) is 4.49. The molecule has 0 aliphatic carbocycles. The van der Waals surface area contributed by atoms with Crippen LogP contribution in [0.3, 0.4) is 0 Å². The van der Waals surface area contributed by atoms with Gasteiger partial charge < -0.3 is 14.8 Å². The Hall–Kier alpha value is -1.33. The van der Waals surface area contributed by atoms with Crippen molar-refractivity contribution < 1.29 is 19.6 Å². The largest absolute Gasteiger partial charge is 0.488 e. The van der Waals surface area contributed by atoms with Crippen molar-refractivity contribution in [2.24, 2.45) is 0 Å². The fourth-order valence-corrected chi connectivity index (χ4v) is 1.75. The summed E-state index contributed by atoms with van der Waals surface area (Å²) in [6.45, 7) is 5.57. The van der Waals surface area contributed by atoms with E-state index in [2.05, 4.69) is 0 Å². The third kappa shape index (κ3) is 3.86. The average molecular weight is 250 g/mol. The first-order chi connectivity index (χ1) is 8.45. The minimum absolute atomic E-state index is 0.171. The van der Waals surface area contributed by atoms with Crippen LogP contribution in [0.15, 0.2) is 18.2 Å². The smallest absolute Gasteiger partial charge is 0.459 e. The van der Waals surface area contributed by atoms with Crippen LogP contribution in [0.2, 0.25) is 0 Å². The van der Waals surface area contributed by atoms with E-state index in [9.17, 15) is 14.8 Å². The molecule has 0 saturated carbocycles. The highest BCUT2D eigenvalue weighted by Gasteiger charge is 2.18. The molecule has 0 aliphatic heterocycles. The van der Waals surface area contributed by atoms with Gasteiger partial charge in [-0.15, -0.1) is 0 Å². The number of hydrogen-bond donors (Lipinski definition) is 2. The number of ether oxygens (including phenoxy) is 1. The van der Waals surface area contributed by atoms with Crippen LogP contribution < -0.4 is 5.46 Å². The van der Waals surface area contributed by atoms with E-state index < -0.39 is 7.12 Å². The van der Waals surface area contributed by atoms with Crippen LogP contribution in [0.1, 0.15) is 43.1 Å². The molecule has 0 unspecified atom stereocenters. The topological polar surface area (TPSA) is 66.8 Å². The predicted molar refractivity (Wildman–Crippen MR) is 70.8 cm³/mol. The zero-order chi connectivity index (χ0) is 13.7. The summed E-state index contributed by atoms with van der Waals surface area (Å²) < 4.78 is 5.11. The van der Waals surface area contributed by atoms with Crippen LogP contribution in [0.25, 0.3) is 0 Å². The highest BCUT2D eigenvalue weighted by molar-refractivity contribution is 6.59. The molecule has 0 heterocycles. The SMILES string of the molecule is CCCc1cc(C(=O)OC(C)C)ccc1B(O)O. The molecule has 0 amide bonds. The minimum Gasteiger partial charge on any atom is -0.459 e. The van der Waals surface area contributed by atoms with Gasteiger partial charge in [-0.25, -0.2) is 4.79 Å². The highest BCUT2D eigenvalue weighted by Crippen LogP contribution is 2.09. The van der Waals surface area contributed by atoms with Crippen LogP contribution in [0.5, 0.6) is 0 Å². The Morgan fingerprint density at radius 3 is 2.56 bits per heavy atom. The first kappa shape index (κ1) is 14.7. The zero-order valence-electron chi connectivity index (χ0n) is 11.0. The molecule has 1 aromatic rings. The third-order valence-corrected chi connectivity index (χ3v) is 2.52. The Balaban J connectivity index is 3.02. The Morgan fingerprint density at radius 2 is 2.06 bits per heavy atom. The molecule has 1 rings (SSSR count). The van der Waals surface area contributed by atoms with Gasteiger partial charge in [0.05, 0.1) is 11.7 Å². The lowest BCUT2D eigenvalue weighted by Crippen LogP contribution is -2.33. The summed E-state index contributed by atoms with van der Waals surface area (Å²) in [7, 11) is -1.51. The van der Waals surface area contributed by atoms with Gasteiger partial charge in [0.25, 0.3) is 0 Å². The van der Waals surface area contributed by atoms with E-state index >= 15 is 0 Å². The summed E-state index contributed by atoms with van der Waals surface area (Å²) in [6, 6.07) is 4.79. The number of esters is 1. The van der Waals surface area contributed by atoms with E-state index in [1.165, 1.54) is 0 Å². The molecule has 0 bridgehead atoms. The molecule has 98 valence electrons. The fourth-order valence-electron chi connectivity index (χ4n) is 1.75. The Bertz CT molecular complexity index is 415. The van der Waals surface area contributed by atoms with E-state index in [0.29, 0.717) is 17.4 Å². The first-order valence-corrected chi connectivity index (χ1v) is 6.15. The monoisotopic (exact) mass is 250 g/mol. The van der Waals surface area contributed by atoms with Crippen molar-refractivity contribution in [2.75, 3.05) is 0 Å². The lowest BCUT2D eigenvalue weighted by atomic mass is 9.75. The molecular weight excluding hydrogens is 231 g/mol. The molecule has 2 N–H and O–H groups in total. The number of carbonyl (C=O) groups excluding carboxylic acids is 1. The summed E-state index contributed by atoms with van der Waals surface area (Å²) >= 11 is 0. The lowest BCUT2D eigenvalue weighted by molar-refractivity contribution is 0.0378. The van der Waals surface area contributed by atoms with Gasteiger partial charge >= 0.3 is 13.1 Å². The maximum Gasteiger partial charge on any atom is 0.488 e. The van der Waals surface area contributed by atoms with Gasteiger partial charge in [0.15, 0.2) is 0 Å². The molecule has 4 nitrogen and oxygen atoms in total. The van der Waals surface area contributed by atoms with Crippen molar-refractivity contribution >= 4 is 18.6 Å². The number of carbonyl (C=O) groups is 1. The zero-order valence-corrected chi connectivity index (χ0v) is 11.0. The second-order valence-electron chi connectivity index (χ2n) is 4.49. The predicted octanol–water partition coefficient (Wildman–Crippen LogP) is 0.884. The highest BCUT2D eigenvalue weighted by atomic mass is 16.5. The van der Waals surface area contributed by atoms with Crippen molar-refractivity contribution in [3.05, 3.63) is 29.3 Å². The van der Waals surface area contributed by atoms with Crippen molar-refractivity contribution in [3.8, 4) is 0 Å². The lowest BCUT2D eigenvalue weighted by Gasteiger charge is -2.12. The van der Waals surface area contributed by atoms with Gasteiger partial charge in [-0.3, -0.25) is 0 Å². The van der Waals surface area contributed by atoms with E-state index in [0.717, 1.165) is 12.0 Å². The maximum atomic E-state index is 11.7. The summed E-state index contributed by atoms with van der Waals surface area (Å²) in [4.78, 5) is 11.7. The van der Waals surface area contributed by atoms with E-state index in [1.54, 1.807) is 32.0 Å². The van der Waals surface area contributed by atoms with Crippen molar-refractivity contribution in [3.63, 3.8) is 0 Å². The van der Waals surface area contributed by atoms with Gasteiger partial charge in [0.1, 0.15) is 0 Å². The van der Waals surface area contributed by atoms with Gasteiger partial charge in [-0.2, -0.15) is 0 Å². The third-order valence-electron chi connectivity index (χ3n) is 2.52. The maximum absolute atomic E-state index is 11.7. The second kappa shape index (κ2) is 6.57. The van der Waals surface area contributed by atoms with Crippen molar-refractivity contribution in [2.45, 2.75) is 39.7 Å². The van der Waals surface area contributed by atoms with Crippen LogP contribution in [0, 0.1) is 0 Å². The van der Waals surface area contributed by atoms with Crippen LogP contribution >= 0.6 is 0 Å². The quantitative estimate of drug-likeness (QED) is 0.601. The summed E-state index contributed by atoms with van der Waals surface area (Å²) in [5.41, 5.74) is 1.65. The van der Waals surface area contributed by atoms with Crippen LogP contribution in [-0.4, -0.2) is 29.2 Å². The molecule has 1 aromatic carbocycles. The van der Waals surface area contributed by atoms with Crippen LogP contribution in [0.4, 0.5) is 0 Å². The Labute approximate surface area is 108 Å². The minimum atomic E-state index is -1.51. The van der Waals surface area contributed by atoms with Gasteiger partial charge in [-0.05, 0) is 43.4 Å². The first-order valence-electron chi connectivity index (χ1n) is 6.15. The molecule has 0 aromatic heterocycles. The van der Waals surface area contributed by atoms with Gasteiger partial charge in [0, 0.05) is 0 Å². The Morgan fingerprint density at radius 1 is 1.39 bits per heavy atom. The molecule has 18 heavy (non-hydrogen) atoms. The van der Waals surface area contributed by atoms with E-state index in [4.69, 9.17) is 4.74 Å². The van der Waals surface area contributed by atoms with E-state index in [-0.39, 0.29) is 12.1 Å². The number of rotatable bonds is 5. The summed E-state index contributed by atoms with van der Waals surface area (Å²) in [5, 5.41) is 18.5. The van der Waals surface area contributed by atoms with Crippen molar-refractivity contribution in [1.82, 2.24) is 0 Å². The number of hydrogen-bond acceptors (Lipinski definition) is 4. The molecular formula is C13H19BO4. The molecule has 0 spiro atoms. The number of aryl methyl sites for hydroxylation is 1. The summed E-state index contributed by atoms with van der Waals surface area (Å²) in [6.07, 6.45) is 1.38. The molecule has 0 fully saturated rings. The normalized spacial score (nSPS) is 10.6. The molecule has 0 atom stereocenters. The molecule has 0 saturated heterocycles. The van der Waals surface area contributed by atoms with Crippen molar-refractivity contribution in [1.29, 1.82) is 0 Å². The average Bonchev–Trinajstić information content (AvgIpc) is 2.28. The summed E-state index contributed by atoms with van der Waals surface area (Å²) in [5.74, 6) is -0.388.